The van der Waals surface area contributed by atoms with E-state index in [1.165, 1.54) is 5.56 Å². The molecule has 33 heavy (non-hydrogen) atoms. The Morgan fingerprint density at radius 3 is 2.42 bits per heavy atom. The van der Waals surface area contributed by atoms with Crippen molar-refractivity contribution in [3.8, 4) is 0 Å². The summed E-state index contributed by atoms with van der Waals surface area (Å²) in [5.41, 5.74) is 4.37. The van der Waals surface area contributed by atoms with Crippen LogP contribution in [0.5, 0.6) is 0 Å². The molecule has 2 aliphatic rings. The van der Waals surface area contributed by atoms with Gasteiger partial charge >= 0.3 is 0 Å². The maximum atomic E-state index is 12.6. The molecule has 3 heterocycles. The smallest absolute Gasteiger partial charge is 0.234 e. The van der Waals surface area contributed by atoms with Crippen molar-refractivity contribution in [2.24, 2.45) is 5.92 Å². The molecule has 2 aliphatic heterocycles. The lowest BCUT2D eigenvalue weighted by atomic mass is 9.93. The maximum Gasteiger partial charge on any atom is 0.234 e. The number of carbonyl (C=O) groups is 2. The Morgan fingerprint density at radius 1 is 1.03 bits per heavy atom. The van der Waals surface area contributed by atoms with Gasteiger partial charge in [-0.05, 0) is 64.1 Å². The van der Waals surface area contributed by atoms with Crippen molar-refractivity contribution in [3.63, 3.8) is 0 Å². The average molecular weight is 452 g/mol. The molecule has 1 aromatic carbocycles. The summed E-state index contributed by atoms with van der Waals surface area (Å²) in [5, 5.41) is 7.77. The summed E-state index contributed by atoms with van der Waals surface area (Å²) in [6.45, 7) is 9.37. The first kappa shape index (κ1) is 23.5. The molecular formula is C26H37N5O2. The predicted molar refractivity (Wildman–Crippen MR) is 129 cm³/mol. The molecule has 0 aliphatic carbocycles. The number of nitrogens with one attached hydrogen (secondary N) is 1. The highest BCUT2D eigenvalue weighted by molar-refractivity contribution is 5.78. The number of rotatable bonds is 8. The van der Waals surface area contributed by atoms with Crippen molar-refractivity contribution in [1.29, 1.82) is 0 Å². The Balaban J connectivity index is 1.20. The number of hydrogen-bond donors (Lipinski definition) is 1. The summed E-state index contributed by atoms with van der Waals surface area (Å²) in [7, 11) is 0. The van der Waals surface area contributed by atoms with Gasteiger partial charge in [-0.1, -0.05) is 30.3 Å². The van der Waals surface area contributed by atoms with Gasteiger partial charge in [0.05, 0.1) is 18.8 Å². The van der Waals surface area contributed by atoms with Crippen molar-refractivity contribution in [3.05, 3.63) is 52.8 Å². The normalized spacial score (nSPS) is 17.5. The molecule has 0 saturated carbocycles. The molecule has 1 aromatic heterocycles. The van der Waals surface area contributed by atoms with E-state index in [0.717, 1.165) is 75.4 Å². The van der Waals surface area contributed by atoms with Gasteiger partial charge in [0.25, 0.3) is 0 Å². The topological polar surface area (TPSA) is 70.5 Å². The molecule has 2 saturated heterocycles. The van der Waals surface area contributed by atoms with E-state index in [1.54, 1.807) is 0 Å². The van der Waals surface area contributed by atoms with E-state index in [-0.39, 0.29) is 5.91 Å². The fourth-order valence-electron chi connectivity index (χ4n) is 5.04. The number of nitrogens with zero attached hydrogens (tertiary/aromatic N) is 4. The van der Waals surface area contributed by atoms with Crippen molar-refractivity contribution in [2.45, 2.75) is 59.0 Å². The first-order valence-corrected chi connectivity index (χ1v) is 12.3. The molecule has 4 rings (SSSR count). The predicted octanol–water partition coefficient (Wildman–Crippen LogP) is 2.89. The van der Waals surface area contributed by atoms with Gasteiger partial charge in [-0.25, -0.2) is 0 Å². The molecule has 2 amide bonds. The third kappa shape index (κ3) is 6.22. The number of piperidine rings is 1. The molecule has 2 fully saturated rings. The second-order valence-electron chi connectivity index (χ2n) is 9.58. The highest BCUT2D eigenvalue weighted by Crippen LogP contribution is 2.22. The molecule has 0 radical (unpaired) electrons. The quantitative estimate of drug-likeness (QED) is 0.670. The second kappa shape index (κ2) is 11.0. The third-order valence-electron chi connectivity index (χ3n) is 7.17. The van der Waals surface area contributed by atoms with Crippen LogP contribution >= 0.6 is 0 Å². The Labute approximate surface area is 197 Å². The Kier molecular flexibility index (Phi) is 7.81. The molecule has 178 valence electrons. The van der Waals surface area contributed by atoms with E-state index >= 15 is 0 Å². The van der Waals surface area contributed by atoms with E-state index in [4.69, 9.17) is 0 Å². The number of hydrogen-bond acceptors (Lipinski definition) is 4. The van der Waals surface area contributed by atoms with Crippen molar-refractivity contribution in [2.75, 3.05) is 32.7 Å². The molecule has 0 bridgehead atoms. The average Bonchev–Trinajstić information content (AvgIpc) is 3.44. The zero-order valence-electron chi connectivity index (χ0n) is 20.1. The van der Waals surface area contributed by atoms with E-state index in [1.807, 2.05) is 34.7 Å². The number of amides is 2. The van der Waals surface area contributed by atoms with Crippen LogP contribution in [0, 0.1) is 19.8 Å². The van der Waals surface area contributed by atoms with Crippen LogP contribution in [0.4, 0.5) is 0 Å². The summed E-state index contributed by atoms with van der Waals surface area (Å²) < 4.78 is 2.01. The minimum absolute atomic E-state index is 0.0520. The standard InChI is InChI=1S/C26H37N5O2/c1-20-24(21(2)31(28-20)18-23-8-4-3-5-9-23)17-27-25(32)19-29-14-10-22(11-15-29)16-26(33)30-12-6-7-13-30/h3-5,8-9,22H,6-7,10-19H2,1-2H3,(H,27,32). The van der Waals surface area contributed by atoms with Gasteiger partial charge in [-0.2, -0.15) is 5.10 Å². The summed E-state index contributed by atoms with van der Waals surface area (Å²) in [4.78, 5) is 29.2. The lowest BCUT2D eigenvalue weighted by molar-refractivity contribution is -0.131. The fraction of sp³-hybridized carbons (Fsp3) is 0.577. The number of aryl methyl sites for hydroxylation is 1. The van der Waals surface area contributed by atoms with Crippen molar-refractivity contribution < 1.29 is 9.59 Å². The number of carbonyl (C=O) groups excluding carboxylic acids is 2. The van der Waals surface area contributed by atoms with E-state index in [9.17, 15) is 9.59 Å². The monoisotopic (exact) mass is 451 g/mol. The lowest BCUT2D eigenvalue weighted by Gasteiger charge is -2.31. The van der Waals surface area contributed by atoms with Gasteiger partial charge in [0.15, 0.2) is 0 Å². The summed E-state index contributed by atoms with van der Waals surface area (Å²) in [5.74, 6) is 0.830. The minimum Gasteiger partial charge on any atom is -0.351 e. The van der Waals surface area contributed by atoms with Crippen LogP contribution in [0.25, 0.3) is 0 Å². The summed E-state index contributed by atoms with van der Waals surface area (Å²) >= 11 is 0. The van der Waals surface area contributed by atoms with Gasteiger partial charge in [0, 0.05) is 37.3 Å². The molecule has 0 spiro atoms. The first-order chi connectivity index (χ1) is 16.0. The molecule has 1 N–H and O–H groups in total. The summed E-state index contributed by atoms with van der Waals surface area (Å²) in [6.07, 6.45) is 4.96. The molecular weight excluding hydrogens is 414 g/mol. The van der Waals surface area contributed by atoms with Crippen LogP contribution in [0.2, 0.25) is 0 Å². The largest absolute Gasteiger partial charge is 0.351 e. The molecule has 7 heteroatoms. The lowest BCUT2D eigenvalue weighted by Crippen LogP contribution is -2.42. The van der Waals surface area contributed by atoms with Gasteiger partial charge < -0.3 is 10.2 Å². The van der Waals surface area contributed by atoms with Gasteiger partial charge in [-0.15, -0.1) is 0 Å². The Bertz CT molecular complexity index is 941. The Morgan fingerprint density at radius 2 is 1.73 bits per heavy atom. The molecule has 7 nitrogen and oxygen atoms in total. The summed E-state index contributed by atoms with van der Waals surface area (Å²) in [6, 6.07) is 10.3. The van der Waals surface area contributed by atoms with Crippen molar-refractivity contribution in [1.82, 2.24) is 24.9 Å². The minimum atomic E-state index is 0.0520. The van der Waals surface area contributed by atoms with Crippen LogP contribution in [0.3, 0.4) is 0 Å². The van der Waals surface area contributed by atoms with Crippen LogP contribution in [-0.2, 0) is 22.7 Å². The van der Waals surface area contributed by atoms with Crippen LogP contribution < -0.4 is 5.32 Å². The third-order valence-corrected chi connectivity index (χ3v) is 7.17. The second-order valence-corrected chi connectivity index (χ2v) is 9.58. The van der Waals surface area contributed by atoms with Gasteiger partial charge in [0.2, 0.25) is 11.8 Å². The van der Waals surface area contributed by atoms with Gasteiger partial charge in [-0.3, -0.25) is 19.2 Å². The van der Waals surface area contributed by atoms with E-state index in [0.29, 0.717) is 31.3 Å². The number of likely N-dealkylation sites (tertiary alicyclic amines) is 2. The first-order valence-electron chi connectivity index (χ1n) is 12.3. The Hall–Kier alpha value is -2.67. The van der Waals surface area contributed by atoms with Gasteiger partial charge in [0.1, 0.15) is 0 Å². The highest BCUT2D eigenvalue weighted by atomic mass is 16.2. The maximum absolute atomic E-state index is 12.6. The van der Waals surface area contributed by atoms with E-state index < -0.39 is 0 Å². The fourth-order valence-corrected chi connectivity index (χ4v) is 5.04. The van der Waals surface area contributed by atoms with Crippen molar-refractivity contribution >= 4 is 11.8 Å². The van der Waals surface area contributed by atoms with Crippen LogP contribution in [0.15, 0.2) is 30.3 Å². The molecule has 0 unspecified atom stereocenters. The zero-order chi connectivity index (χ0) is 23.2. The zero-order valence-corrected chi connectivity index (χ0v) is 20.1. The highest BCUT2D eigenvalue weighted by Gasteiger charge is 2.26. The molecule has 0 atom stereocenters. The van der Waals surface area contributed by atoms with E-state index in [2.05, 4.69) is 34.4 Å². The SMILES string of the molecule is Cc1nn(Cc2ccccc2)c(C)c1CNC(=O)CN1CCC(CC(=O)N2CCCC2)CC1. The van der Waals surface area contributed by atoms with Crippen LogP contribution in [-0.4, -0.2) is 64.1 Å². The van der Waals surface area contributed by atoms with Crippen LogP contribution in [0.1, 0.15) is 54.6 Å². The number of benzene rings is 1. The number of aromatic nitrogens is 2. The molecule has 2 aromatic rings.